The number of benzene rings is 2. The molecule has 0 aliphatic rings. The number of rotatable bonds is 7. The Morgan fingerprint density at radius 3 is 2.42 bits per heavy atom. The molecule has 0 radical (unpaired) electrons. The second-order valence-corrected chi connectivity index (χ2v) is 5.00. The number of halogens is 1. The number of hydrogen-bond acceptors (Lipinski definition) is 4. The first-order valence-corrected chi connectivity index (χ1v) is 7.34. The lowest BCUT2D eigenvalue weighted by Crippen LogP contribution is -2.27. The van der Waals surface area contributed by atoms with Gasteiger partial charge in [0.1, 0.15) is 30.0 Å². The topological polar surface area (TPSA) is 89.1 Å². The molecular formula is C17H20FN3O3. The van der Waals surface area contributed by atoms with Crippen LogP contribution in [0.15, 0.2) is 53.5 Å². The average molecular weight is 333 g/mol. The second kappa shape index (κ2) is 8.73. The fourth-order valence-electron chi connectivity index (χ4n) is 1.84. The van der Waals surface area contributed by atoms with Crippen LogP contribution in [0.25, 0.3) is 0 Å². The van der Waals surface area contributed by atoms with Gasteiger partial charge < -0.3 is 25.6 Å². The molecule has 0 aromatic heterocycles. The van der Waals surface area contributed by atoms with Crippen molar-refractivity contribution in [2.75, 3.05) is 25.6 Å². The number of guanidine groups is 1. The average Bonchev–Trinajstić information content (AvgIpc) is 2.60. The molecule has 128 valence electrons. The minimum Gasteiger partial charge on any atom is -0.497 e. The number of methoxy groups -OCH3 is 1. The van der Waals surface area contributed by atoms with Crippen molar-refractivity contribution < 1.29 is 19.0 Å². The van der Waals surface area contributed by atoms with Crippen molar-refractivity contribution in [2.24, 2.45) is 10.7 Å². The monoisotopic (exact) mass is 333 g/mol. The molecule has 0 saturated carbocycles. The first-order valence-electron chi connectivity index (χ1n) is 7.34. The number of nitrogens with one attached hydrogen (secondary N) is 1. The summed E-state index contributed by atoms with van der Waals surface area (Å²) in [7, 11) is 1.59. The molecule has 0 saturated heterocycles. The van der Waals surface area contributed by atoms with Gasteiger partial charge in [-0.1, -0.05) is 0 Å². The van der Waals surface area contributed by atoms with Crippen molar-refractivity contribution in [1.29, 1.82) is 0 Å². The molecule has 2 rings (SSSR count). The molecule has 0 amide bonds. The fraction of sp³-hybridized carbons (Fsp3) is 0.235. The minimum absolute atomic E-state index is 0.0327. The zero-order valence-electron chi connectivity index (χ0n) is 13.3. The van der Waals surface area contributed by atoms with Crippen molar-refractivity contribution in [3.05, 3.63) is 54.3 Å². The Hall–Kier alpha value is -2.80. The number of hydrogen-bond donors (Lipinski definition) is 3. The first-order chi connectivity index (χ1) is 11.6. The summed E-state index contributed by atoms with van der Waals surface area (Å²) in [6, 6.07) is 12.7. The van der Waals surface area contributed by atoms with Gasteiger partial charge >= 0.3 is 0 Å². The van der Waals surface area contributed by atoms with Gasteiger partial charge in [0.15, 0.2) is 5.96 Å². The third-order valence-corrected chi connectivity index (χ3v) is 3.09. The van der Waals surface area contributed by atoms with Crippen LogP contribution in [0.5, 0.6) is 11.5 Å². The Labute approximate surface area is 139 Å². The summed E-state index contributed by atoms with van der Waals surface area (Å²) < 4.78 is 23.2. The third-order valence-electron chi connectivity index (χ3n) is 3.09. The maximum atomic E-state index is 12.8. The van der Waals surface area contributed by atoms with E-state index < -0.39 is 6.10 Å². The first kappa shape index (κ1) is 17.6. The van der Waals surface area contributed by atoms with Gasteiger partial charge in [-0.05, 0) is 48.5 Å². The zero-order chi connectivity index (χ0) is 17.4. The number of aliphatic hydroxyl groups is 1. The largest absolute Gasteiger partial charge is 0.497 e. The van der Waals surface area contributed by atoms with Crippen LogP contribution >= 0.6 is 0 Å². The zero-order valence-corrected chi connectivity index (χ0v) is 13.3. The van der Waals surface area contributed by atoms with Crippen LogP contribution in [-0.2, 0) is 0 Å². The predicted molar refractivity (Wildman–Crippen MR) is 91.0 cm³/mol. The maximum Gasteiger partial charge on any atom is 0.193 e. The van der Waals surface area contributed by atoms with Gasteiger partial charge in [-0.25, -0.2) is 4.39 Å². The minimum atomic E-state index is -0.828. The highest BCUT2D eigenvalue weighted by molar-refractivity contribution is 5.92. The molecule has 0 aliphatic heterocycles. The van der Waals surface area contributed by atoms with Crippen molar-refractivity contribution >= 4 is 11.6 Å². The Morgan fingerprint density at radius 2 is 1.79 bits per heavy atom. The lowest BCUT2D eigenvalue weighted by atomic mass is 10.3. The van der Waals surface area contributed by atoms with Crippen LogP contribution < -0.4 is 20.5 Å². The summed E-state index contributed by atoms with van der Waals surface area (Å²) in [4.78, 5) is 4.05. The van der Waals surface area contributed by atoms with E-state index in [2.05, 4.69) is 10.3 Å². The summed E-state index contributed by atoms with van der Waals surface area (Å²) in [5, 5.41) is 12.7. The molecular weight excluding hydrogens is 313 g/mol. The lowest BCUT2D eigenvalue weighted by molar-refractivity contribution is 0.114. The Kier molecular flexibility index (Phi) is 6.39. The number of ether oxygens (including phenoxy) is 2. The van der Waals surface area contributed by atoms with Crippen LogP contribution in [0.1, 0.15) is 0 Å². The summed E-state index contributed by atoms with van der Waals surface area (Å²) in [5.41, 5.74) is 6.52. The van der Waals surface area contributed by atoms with Crippen molar-refractivity contribution in [2.45, 2.75) is 6.10 Å². The molecule has 0 heterocycles. The number of anilines is 1. The molecule has 0 fully saturated rings. The summed E-state index contributed by atoms with van der Waals surface area (Å²) in [6.07, 6.45) is -0.828. The van der Waals surface area contributed by atoms with Crippen molar-refractivity contribution in [3.63, 3.8) is 0 Å². The van der Waals surface area contributed by atoms with E-state index in [1.54, 1.807) is 31.4 Å². The molecule has 0 spiro atoms. The highest BCUT2D eigenvalue weighted by Crippen LogP contribution is 2.14. The van der Waals surface area contributed by atoms with E-state index in [0.29, 0.717) is 5.75 Å². The van der Waals surface area contributed by atoms with Gasteiger partial charge in [-0.15, -0.1) is 0 Å². The Balaban J connectivity index is 1.77. The van der Waals surface area contributed by atoms with Gasteiger partial charge in [0.05, 0.1) is 13.7 Å². The molecule has 6 nitrogen and oxygen atoms in total. The van der Waals surface area contributed by atoms with Crippen LogP contribution in [0.4, 0.5) is 10.1 Å². The lowest BCUT2D eigenvalue weighted by Gasteiger charge is -2.11. The van der Waals surface area contributed by atoms with Crippen LogP contribution in [0.3, 0.4) is 0 Å². The quantitative estimate of drug-likeness (QED) is 0.533. The number of aliphatic imine (C=N–C) groups is 1. The molecule has 1 atom stereocenters. The highest BCUT2D eigenvalue weighted by Gasteiger charge is 2.05. The summed E-state index contributed by atoms with van der Waals surface area (Å²) >= 11 is 0. The molecule has 0 bridgehead atoms. The third kappa shape index (κ3) is 5.77. The summed E-state index contributed by atoms with van der Waals surface area (Å²) in [6.45, 7) is 0.112. The Bertz CT molecular complexity index is 660. The van der Waals surface area contributed by atoms with Gasteiger partial charge in [-0.2, -0.15) is 0 Å². The van der Waals surface area contributed by atoms with E-state index >= 15 is 0 Å². The van der Waals surface area contributed by atoms with Gasteiger partial charge in [0, 0.05) is 5.69 Å². The van der Waals surface area contributed by atoms with Crippen LogP contribution in [-0.4, -0.2) is 37.4 Å². The van der Waals surface area contributed by atoms with E-state index in [4.69, 9.17) is 15.2 Å². The van der Waals surface area contributed by atoms with Gasteiger partial charge in [0.2, 0.25) is 0 Å². The Morgan fingerprint density at radius 1 is 1.17 bits per heavy atom. The van der Waals surface area contributed by atoms with E-state index in [9.17, 15) is 9.50 Å². The number of nitrogens with zero attached hydrogens (tertiary/aromatic N) is 1. The van der Waals surface area contributed by atoms with E-state index in [0.717, 1.165) is 11.4 Å². The fourth-order valence-corrected chi connectivity index (χ4v) is 1.84. The van der Waals surface area contributed by atoms with E-state index in [1.165, 1.54) is 24.3 Å². The SMILES string of the molecule is COc1ccc(NC(N)=NCC(O)COc2ccc(F)cc2)cc1. The molecule has 4 N–H and O–H groups in total. The molecule has 2 aromatic carbocycles. The normalized spacial score (nSPS) is 12.5. The molecule has 1 unspecified atom stereocenters. The smallest absolute Gasteiger partial charge is 0.193 e. The van der Waals surface area contributed by atoms with Crippen LogP contribution in [0, 0.1) is 5.82 Å². The standard InChI is InChI=1S/C17H20FN3O3/c1-23-15-8-4-13(5-9-15)21-17(19)20-10-14(22)11-24-16-6-2-12(18)3-7-16/h2-9,14,22H,10-11H2,1H3,(H3,19,20,21). The molecule has 0 aliphatic carbocycles. The predicted octanol–water partition coefficient (Wildman–Crippen LogP) is 2.00. The second-order valence-electron chi connectivity index (χ2n) is 5.00. The van der Waals surface area contributed by atoms with Crippen molar-refractivity contribution in [1.82, 2.24) is 0 Å². The van der Waals surface area contributed by atoms with Gasteiger partial charge in [0.25, 0.3) is 0 Å². The molecule has 2 aromatic rings. The number of nitrogens with two attached hydrogens (primary N) is 1. The van der Waals surface area contributed by atoms with E-state index in [1.807, 2.05) is 0 Å². The maximum absolute atomic E-state index is 12.8. The van der Waals surface area contributed by atoms with E-state index in [-0.39, 0.29) is 24.9 Å². The molecule has 7 heteroatoms. The summed E-state index contributed by atoms with van der Waals surface area (Å²) in [5.74, 6) is 1.05. The van der Waals surface area contributed by atoms with Gasteiger partial charge in [-0.3, -0.25) is 4.99 Å². The number of aliphatic hydroxyl groups excluding tert-OH is 1. The van der Waals surface area contributed by atoms with Crippen molar-refractivity contribution in [3.8, 4) is 11.5 Å². The molecule has 24 heavy (non-hydrogen) atoms. The van der Waals surface area contributed by atoms with Crippen LogP contribution in [0.2, 0.25) is 0 Å². The highest BCUT2D eigenvalue weighted by atomic mass is 19.1.